The normalized spacial score (nSPS) is 23.2. The fourth-order valence-corrected chi connectivity index (χ4v) is 5.12. The Balaban J connectivity index is 1.03. The molecule has 0 aromatic carbocycles. The number of ether oxygens (including phenoxy) is 2. The summed E-state index contributed by atoms with van der Waals surface area (Å²) in [4.78, 5) is 27.0. The molecule has 2 N–H and O–H groups in total. The molecule has 176 valence electrons. The summed E-state index contributed by atoms with van der Waals surface area (Å²) in [5.74, 6) is 2.24. The van der Waals surface area contributed by atoms with Crippen LogP contribution in [0.1, 0.15) is 11.3 Å². The summed E-state index contributed by atoms with van der Waals surface area (Å²) < 4.78 is 25.1. The fourth-order valence-electron chi connectivity index (χ4n) is 5.12. The first kappa shape index (κ1) is 21.2. The van der Waals surface area contributed by atoms with Crippen LogP contribution in [0.2, 0.25) is 0 Å². The molecule has 0 bridgehead atoms. The number of carbonyl (C=O) groups excluding carboxylic acids is 1. The first-order chi connectivity index (χ1) is 16.6. The molecule has 3 aliphatic rings. The molecule has 6 rings (SSSR count). The van der Waals surface area contributed by atoms with Crippen LogP contribution in [0, 0.1) is 17.7 Å². The molecule has 2 unspecified atom stereocenters. The monoisotopic (exact) mass is 464 g/mol. The summed E-state index contributed by atoms with van der Waals surface area (Å²) in [5, 5.41) is 6.34. The highest BCUT2D eigenvalue weighted by Crippen LogP contribution is 2.45. The van der Waals surface area contributed by atoms with Crippen molar-refractivity contribution >= 4 is 22.8 Å². The maximum absolute atomic E-state index is 14.6. The van der Waals surface area contributed by atoms with Gasteiger partial charge in [-0.15, -0.1) is 0 Å². The molecule has 5 heterocycles. The van der Waals surface area contributed by atoms with Crippen LogP contribution in [0.25, 0.3) is 11.0 Å². The number of piperidine rings is 1. The van der Waals surface area contributed by atoms with Gasteiger partial charge in [0, 0.05) is 43.9 Å². The number of halogens is 1. The van der Waals surface area contributed by atoms with E-state index >= 15 is 0 Å². The summed E-state index contributed by atoms with van der Waals surface area (Å²) in [6, 6.07) is 7.78. The molecule has 3 aromatic heterocycles. The van der Waals surface area contributed by atoms with E-state index < -0.39 is 0 Å². The van der Waals surface area contributed by atoms with Crippen molar-refractivity contribution in [3.05, 3.63) is 47.5 Å². The van der Waals surface area contributed by atoms with E-state index in [9.17, 15) is 9.18 Å². The van der Waals surface area contributed by atoms with Gasteiger partial charge in [-0.25, -0.2) is 14.4 Å². The minimum Gasteiger partial charge on any atom is -0.481 e. The minimum absolute atomic E-state index is 0.0307. The van der Waals surface area contributed by atoms with Gasteiger partial charge in [0.15, 0.2) is 18.2 Å². The second kappa shape index (κ2) is 8.44. The second-order valence-electron chi connectivity index (χ2n) is 9.04. The molecule has 0 radical (unpaired) electrons. The molecule has 1 saturated heterocycles. The van der Waals surface area contributed by atoms with Crippen molar-refractivity contribution in [3.63, 3.8) is 0 Å². The van der Waals surface area contributed by atoms with E-state index in [0.717, 1.165) is 25.3 Å². The molecule has 1 amide bonds. The Kier molecular flexibility index (Phi) is 5.26. The van der Waals surface area contributed by atoms with Gasteiger partial charge in [0.2, 0.25) is 5.88 Å². The smallest absolute Gasteiger partial charge is 0.263 e. The Morgan fingerprint density at radius 2 is 2.09 bits per heavy atom. The van der Waals surface area contributed by atoms with Crippen LogP contribution in [0.3, 0.4) is 0 Å². The van der Waals surface area contributed by atoms with Crippen LogP contribution in [-0.4, -0.2) is 65.2 Å². The number of fused-ring (bicyclic) bond motifs is 3. The number of anilines is 1. The lowest BCUT2D eigenvalue weighted by Gasteiger charge is -2.20. The summed E-state index contributed by atoms with van der Waals surface area (Å²) in [7, 11) is 1.55. The van der Waals surface area contributed by atoms with E-state index in [2.05, 4.69) is 30.5 Å². The fraction of sp³-hybridized carbons (Fsp3) is 0.417. The number of carbonyl (C=O) groups is 1. The average Bonchev–Trinajstić information content (AvgIpc) is 3.30. The van der Waals surface area contributed by atoms with Crippen molar-refractivity contribution in [2.45, 2.75) is 19.0 Å². The highest BCUT2D eigenvalue weighted by Gasteiger charge is 2.55. The lowest BCUT2D eigenvalue weighted by atomic mass is 10.1. The predicted octanol–water partition coefficient (Wildman–Crippen LogP) is 1.77. The number of nitrogens with zero attached hydrogens (tertiary/aromatic N) is 4. The quantitative estimate of drug-likeness (QED) is 0.546. The third-order valence-electron chi connectivity index (χ3n) is 6.95. The van der Waals surface area contributed by atoms with Crippen molar-refractivity contribution in [3.8, 4) is 11.6 Å². The SMILES string of the molecule is COc1ccc2ncc(F)c(CCN3CC4C(C3)C4NCc3ccc4c(n3)NC(=O)CO4)c2n1. The number of rotatable bonds is 7. The van der Waals surface area contributed by atoms with Crippen molar-refractivity contribution in [2.75, 3.05) is 38.7 Å². The summed E-state index contributed by atoms with van der Waals surface area (Å²) in [6.07, 6.45) is 1.86. The number of pyridine rings is 3. The molecule has 34 heavy (non-hydrogen) atoms. The number of likely N-dealkylation sites (tertiary alicyclic amines) is 1. The largest absolute Gasteiger partial charge is 0.481 e. The van der Waals surface area contributed by atoms with Crippen LogP contribution >= 0.6 is 0 Å². The van der Waals surface area contributed by atoms with E-state index in [1.165, 1.54) is 6.20 Å². The maximum atomic E-state index is 14.6. The van der Waals surface area contributed by atoms with Crippen molar-refractivity contribution in [1.29, 1.82) is 0 Å². The number of hydrogen-bond acceptors (Lipinski definition) is 8. The van der Waals surface area contributed by atoms with E-state index in [1.807, 2.05) is 18.2 Å². The molecule has 10 heteroatoms. The van der Waals surface area contributed by atoms with Gasteiger partial charge in [-0.2, -0.15) is 0 Å². The number of methoxy groups -OCH3 is 1. The standard InChI is InChI=1S/C24H25FN6O3/c1-33-21-5-3-18-23(30-21)14(17(25)9-26-18)6-7-31-10-15-16(11-31)22(15)27-8-13-2-4-19-24(28-13)29-20(32)12-34-19/h2-5,9,15-16,22,27H,6-8,10-12H2,1H3,(H,28,29,32). The number of hydrogen-bond donors (Lipinski definition) is 2. The van der Waals surface area contributed by atoms with Gasteiger partial charge in [0.25, 0.3) is 5.91 Å². The molecule has 2 aliphatic heterocycles. The van der Waals surface area contributed by atoms with E-state index in [-0.39, 0.29) is 18.3 Å². The lowest BCUT2D eigenvalue weighted by molar-refractivity contribution is -0.118. The summed E-state index contributed by atoms with van der Waals surface area (Å²) in [5.41, 5.74) is 2.71. The minimum atomic E-state index is -0.323. The van der Waals surface area contributed by atoms with Crippen LogP contribution in [0.15, 0.2) is 30.5 Å². The number of aromatic nitrogens is 3. The molecule has 0 spiro atoms. The van der Waals surface area contributed by atoms with Gasteiger partial charge in [0.05, 0.1) is 30.0 Å². The molecular formula is C24H25FN6O3. The van der Waals surface area contributed by atoms with Crippen molar-refractivity contribution in [1.82, 2.24) is 25.2 Å². The zero-order valence-electron chi connectivity index (χ0n) is 18.8. The van der Waals surface area contributed by atoms with Crippen molar-refractivity contribution < 1.29 is 18.7 Å². The molecule has 1 saturated carbocycles. The number of amides is 1. The second-order valence-corrected chi connectivity index (χ2v) is 9.04. The zero-order chi connectivity index (χ0) is 23.2. The highest BCUT2D eigenvalue weighted by atomic mass is 19.1. The predicted molar refractivity (Wildman–Crippen MR) is 122 cm³/mol. The Morgan fingerprint density at radius 1 is 1.24 bits per heavy atom. The van der Waals surface area contributed by atoms with E-state index in [4.69, 9.17) is 9.47 Å². The summed E-state index contributed by atoms with van der Waals surface area (Å²) >= 11 is 0. The molecule has 2 fully saturated rings. The zero-order valence-corrected chi connectivity index (χ0v) is 18.8. The van der Waals surface area contributed by atoms with E-state index in [1.54, 1.807) is 13.2 Å². The third kappa shape index (κ3) is 3.92. The Morgan fingerprint density at radius 3 is 2.91 bits per heavy atom. The van der Waals surface area contributed by atoms with Crippen LogP contribution in [0.4, 0.5) is 10.2 Å². The molecule has 9 nitrogen and oxygen atoms in total. The first-order valence-electron chi connectivity index (χ1n) is 11.5. The molecular weight excluding hydrogens is 439 g/mol. The topological polar surface area (TPSA) is 102 Å². The van der Waals surface area contributed by atoms with Gasteiger partial charge in [-0.05, 0) is 36.5 Å². The lowest BCUT2D eigenvalue weighted by Crippen LogP contribution is -2.32. The Hall–Kier alpha value is -3.37. The van der Waals surface area contributed by atoms with Gasteiger partial charge in [0.1, 0.15) is 5.82 Å². The number of nitrogens with one attached hydrogen (secondary N) is 2. The summed E-state index contributed by atoms with van der Waals surface area (Å²) in [6.45, 7) is 3.43. The molecule has 2 atom stereocenters. The van der Waals surface area contributed by atoms with Gasteiger partial charge in [-0.3, -0.25) is 9.78 Å². The first-order valence-corrected chi connectivity index (χ1v) is 11.5. The van der Waals surface area contributed by atoms with Gasteiger partial charge in [-0.1, -0.05) is 0 Å². The van der Waals surface area contributed by atoms with Crippen LogP contribution < -0.4 is 20.1 Å². The van der Waals surface area contributed by atoms with Gasteiger partial charge < -0.3 is 25.0 Å². The third-order valence-corrected chi connectivity index (χ3v) is 6.95. The van der Waals surface area contributed by atoms with Crippen LogP contribution in [-0.2, 0) is 17.8 Å². The maximum Gasteiger partial charge on any atom is 0.263 e. The van der Waals surface area contributed by atoms with Crippen LogP contribution in [0.5, 0.6) is 11.6 Å². The van der Waals surface area contributed by atoms with Crippen molar-refractivity contribution in [2.24, 2.45) is 11.8 Å². The Bertz CT molecular complexity index is 1260. The highest BCUT2D eigenvalue weighted by molar-refractivity contribution is 5.94. The Labute approximate surface area is 195 Å². The molecule has 3 aromatic rings. The molecule has 1 aliphatic carbocycles. The average molecular weight is 465 g/mol. The van der Waals surface area contributed by atoms with E-state index in [0.29, 0.717) is 64.9 Å². The van der Waals surface area contributed by atoms with Gasteiger partial charge >= 0.3 is 0 Å².